The molecular formula is C13H16N4OS2. The van der Waals surface area contributed by atoms with E-state index in [1.807, 2.05) is 6.92 Å². The second-order valence-electron chi connectivity index (χ2n) is 4.95. The number of carbonyl (C=O) groups is 1. The number of anilines is 1. The summed E-state index contributed by atoms with van der Waals surface area (Å²) in [5.74, 6) is 0.445. The maximum atomic E-state index is 12.2. The van der Waals surface area contributed by atoms with Crippen LogP contribution in [0.2, 0.25) is 0 Å². The Balaban J connectivity index is 1.71. The fourth-order valence-electron chi connectivity index (χ4n) is 1.92. The molecule has 5 nitrogen and oxygen atoms in total. The molecule has 106 valence electrons. The number of hydrogen-bond acceptors (Lipinski definition) is 6. The zero-order valence-electron chi connectivity index (χ0n) is 11.5. The third-order valence-electron chi connectivity index (χ3n) is 3.10. The van der Waals surface area contributed by atoms with Crippen molar-refractivity contribution in [1.82, 2.24) is 15.2 Å². The average molecular weight is 308 g/mol. The molecule has 1 aliphatic rings. The Labute approximate surface area is 125 Å². The molecule has 0 radical (unpaired) electrons. The van der Waals surface area contributed by atoms with Crippen molar-refractivity contribution in [3.8, 4) is 0 Å². The number of aryl methyl sites for hydroxylation is 2. The van der Waals surface area contributed by atoms with Gasteiger partial charge >= 0.3 is 0 Å². The van der Waals surface area contributed by atoms with Gasteiger partial charge in [-0.05, 0) is 32.6 Å². The van der Waals surface area contributed by atoms with Crippen molar-refractivity contribution in [2.45, 2.75) is 45.4 Å². The molecule has 3 rings (SSSR count). The molecule has 2 aromatic rings. The number of thiazole rings is 1. The van der Waals surface area contributed by atoms with E-state index in [0.29, 0.717) is 15.9 Å². The van der Waals surface area contributed by atoms with Crippen molar-refractivity contribution in [1.29, 1.82) is 0 Å². The molecule has 0 spiro atoms. The van der Waals surface area contributed by atoms with Gasteiger partial charge in [0.1, 0.15) is 9.88 Å². The van der Waals surface area contributed by atoms with Crippen LogP contribution in [0.1, 0.15) is 57.5 Å². The zero-order chi connectivity index (χ0) is 14.1. The highest BCUT2D eigenvalue weighted by Crippen LogP contribution is 2.42. The summed E-state index contributed by atoms with van der Waals surface area (Å²) in [5.41, 5.74) is 0.794. The van der Waals surface area contributed by atoms with Gasteiger partial charge in [-0.25, -0.2) is 4.98 Å². The van der Waals surface area contributed by atoms with Gasteiger partial charge in [-0.1, -0.05) is 18.3 Å². The largest absolute Gasteiger partial charge is 0.296 e. The van der Waals surface area contributed by atoms with Crippen molar-refractivity contribution in [3.63, 3.8) is 0 Å². The van der Waals surface area contributed by atoms with Gasteiger partial charge in [0.25, 0.3) is 5.91 Å². The van der Waals surface area contributed by atoms with Gasteiger partial charge in [0.05, 0.1) is 10.7 Å². The molecule has 2 aromatic heterocycles. The summed E-state index contributed by atoms with van der Waals surface area (Å²) in [5, 5.41) is 13.6. The van der Waals surface area contributed by atoms with Gasteiger partial charge in [0.15, 0.2) is 0 Å². The molecule has 0 aliphatic heterocycles. The van der Waals surface area contributed by atoms with Crippen LogP contribution in [0.5, 0.6) is 0 Å². The van der Waals surface area contributed by atoms with E-state index in [0.717, 1.165) is 28.6 Å². The first-order chi connectivity index (χ1) is 9.67. The summed E-state index contributed by atoms with van der Waals surface area (Å²) in [6, 6.07) is 0. The van der Waals surface area contributed by atoms with E-state index < -0.39 is 0 Å². The minimum absolute atomic E-state index is 0.124. The Kier molecular flexibility index (Phi) is 3.80. The topological polar surface area (TPSA) is 67.8 Å². The lowest BCUT2D eigenvalue weighted by Crippen LogP contribution is -2.11. The Morgan fingerprint density at radius 2 is 2.15 bits per heavy atom. The van der Waals surface area contributed by atoms with Gasteiger partial charge in [-0.15, -0.1) is 21.5 Å². The molecule has 1 N–H and O–H groups in total. The predicted molar refractivity (Wildman–Crippen MR) is 80.7 cm³/mol. The fraction of sp³-hybridized carbons (Fsp3) is 0.538. The minimum Gasteiger partial charge on any atom is -0.296 e. The van der Waals surface area contributed by atoms with Crippen LogP contribution in [0.3, 0.4) is 0 Å². The van der Waals surface area contributed by atoms with Gasteiger partial charge in [0, 0.05) is 5.92 Å². The second kappa shape index (κ2) is 5.57. The van der Waals surface area contributed by atoms with Crippen molar-refractivity contribution < 1.29 is 4.79 Å². The van der Waals surface area contributed by atoms with Crippen LogP contribution >= 0.6 is 22.7 Å². The maximum Gasteiger partial charge on any atom is 0.269 e. The lowest BCUT2D eigenvalue weighted by molar-refractivity contribution is 0.102. The van der Waals surface area contributed by atoms with Gasteiger partial charge < -0.3 is 0 Å². The Morgan fingerprint density at radius 1 is 1.35 bits per heavy atom. The van der Waals surface area contributed by atoms with E-state index in [1.54, 1.807) is 0 Å². The van der Waals surface area contributed by atoms with E-state index in [9.17, 15) is 4.79 Å². The summed E-state index contributed by atoms with van der Waals surface area (Å²) in [6.07, 6.45) is 4.34. The van der Waals surface area contributed by atoms with Crippen LogP contribution in [0, 0.1) is 6.92 Å². The van der Waals surface area contributed by atoms with Crippen LogP contribution in [0.4, 0.5) is 5.13 Å². The molecule has 1 aliphatic carbocycles. The quantitative estimate of drug-likeness (QED) is 0.919. The highest BCUT2D eigenvalue weighted by Gasteiger charge is 2.28. The number of carbonyl (C=O) groups excluding carboxylic acids is 1. The fourth-order valence-corrected chi connectivity index (χ4v) is 3.89. The first-order valence-corrected chi connectivity index (χ1v) is 8.41. The van der Waals surface area contributed by atoms with E-state index in [-0.39, 0.29) is 5.91 Å². The lowest BCUT2D eigenvalue weighted by Gasteiger charge is -1.97. The highest BCUT2D eigenvalue weighted by atomic mass is 32.1. The molecule has 1 amide bonds. The Bertz CT molecular complexity index is 630. The molecule has 1 saturated carbocycles. The number of hydrogen-bond donors (Lipinski definition) is 1. The second-order valence-corrected chi connectivity index (χ2v) is 7.04. The van der Waals surface area contributed by atoms with E-state index in [4.69, 9.17) is 0 Å². The first kappa shape index (κ1) is 13.6. The van der Waals surface area contributed by atoms with Gasteiger partial charge in [-0.3, -0.25) is 10.1 Å². The molecule has 2 heterocycles. The van der Waals surface area contributed by atoms with Crippen molar-refractivity contribution in [2.75, 3.05) is 5.32 Å². The van der Waals surface area contributed by atoms with E-state index >= 15 is 0 Å². The normalized spacial score (nSPS) is 14.5. The summed E-state index contributed by atoms with van der Waals surface area (Å²) in [7, 11) is 0. The summed E-state index contributed by atoms with van der Waals surface area (Å²) in [6.45, 7) is 3.98. The Morgan fingerprint density at radius 3 is 2.85 bits per heavy atom. The van der Waals surface area contributed by atoms with E-state index in [2.05, 4.69) is 27.4 Å². The number of rotatable bonds is 5. The third kappa shape index (κ3) is 2.88. The maximum absolute atomic E-state index is 12.2. The molecule has 0 aromatic carbocycles. The Hall–Kier alpha value is -1.34. The highest BCUT2D eigenvalue weighted by molar-refractivity contribution is 7.16. The summed E-state index contributed by atoms with van der Waals surface area (Å²) in [4.78, 5) is 17.4. The third-order valence-corrected chi connectivity index (χ3v) is 5.32. The summed E-state index contributed by atoms with van der Waals surface area (Å²) < 4.78 is 0. The lowest BCUT2D eigenvalue weighted by atomic mass is 10.3. The molecule has 20 heavy (non-hydrogen) atoms. The number of aromatic nitrogens is 3. The van der Waals surface area contributed by atoms with Gasteiger partial charge in [-0.2, -0.15) is 0 Å². The average Bonchev–Trinajstić information content (AvgIpc) is 3.05. The van der Waals surface area contributed by atoms with E-state index in [1.165, 1.54) is 35.5 Å². The minimum atomic E-state index is -0.124. The number of nitrogens with one attached hydrogen (secondary N) is 1. The molecule has 1 fully saturated rings. The molecule has 0 atom stereocenters. The van der Waals surface area contributed by atoms with Crippen molar-refractivity contribution >= 4 is 33.7 Å². The monoisotopic (exact) mass is 308 g/mol. The number of nitrogens with zero attached hydrogens (tertiary/aromatic N) is 3. The van der Waals surface area contributed by atoms with Crippen LogP contribution in [-0.2, 0) is 6.42 Å². The standard InChI is InChI=1S/C13H16N4OS2/c1-3-4-9-14-7(2)10(19-9)11(18)15-13-17-16-12(20-13)8-5-6-8/h8H,3-6H2,1-2H3,(H,15,17,18). The smallest absolute Gasteiger partial charge is 0.269 e. The predicted octanol–water partition coefficient (Wildman–Crippen LogP) is 3.39. The molecule has 7 heteroatoms. The summed E-state index contributed by atoms with van der Waals surface area (Å²) >= 11 is 2.95. The van der Waals surface area contributed by atoms with Crippen LogP contribution in [0.25, 0.3) is 0 Å². The molecule has 0 unspecified atom stereocenters. The van der Waals surface area contributed by atoms with Crippen LogP contribution in [0.15, 0.2) is 0 Å². The number of amides is 1. The first-order valence-electron chi connectivity index (χ1n) is 6.78. The zero-order valence-corrected chi connectivity index (χ0v) is 13.1. The van der Waals surface area contributed by atoms with Crippen molar-refractivity contribution in [2.24, 2.45) is 0 Å². The van der Waals surface area contributed by atoms with Crippen molar-refractivity contribution in [3.05, 3.63) is 20.6 Å². The van der Waals surface area contributed by atoms with Crippen LogP contribution < -0.4 is 5.32 Å². The molecule has 0 bridgehead atoms. The SMILES string of the molecule is CCCc1nc(C)c(C(=O)Nc2nnc(C3CC3)s2)s1. The molecular weight excluding hydrogens is 292 g/mol. The van der Waals surface area contributed by atoms with Gasteiger partial charge in [0.2, 0.25) is 5.13 Å². The van der Waals surface area contributed by atoms with Crippen LogP contribution in [-0.4, -0.2) is 21.1 Å². The molecule has 0 saturated heterocycles.